The number of carbonyl (C=O) groups is 1. The first kappa shape index (κ1) is 9.21. The second-order valence-corrected chi connectivity index (χ2v) is 2.25. The number of allylic oxidation sites excluding steroid dienone is 1. The summed E-state index contributed by atoms with van der Waals surface area (Å²) in [6.45, 7) is 3.99. The summed E-state index contributed by atoms with van der Waals surface area (Å²) in [6, 6.07) is 0. The Morgan fingerprint density at radius 2 is 2.20 bits per heavy atom. The summed E-state index contributed by atoms with van der Waals surface area (Å²) in [7, 11) is 0. The summed E-state index contributed by atoms with van der Waals surface area (Å²) >= 11 is 0. The number of hydrogen-bond acceptors (Lipinski definition) is 1. The lowest BCUT2D eigenvalue weighted by molar-refractivity contribution is -0.120. The lowest BCUT2D eigenvalue weighted by atomic mass is 10.1. The molecule has 0 radical (unpaired) electrons. The molecule has 0 spiro atoms. The number of nitrogens with two attached hydrogens (primary N) is 1. The van der Waals surface area contributed by atoms with Crippen LogP contribution in [0.5, 0.6) is 0 Å². The van der Waals surface area contributed by atoms with E-state index in [1.165, 1.54) is 0 Å². The zero-order chi connectivity index (χ0) is 7.98. The molecule has 0 saturated carbocycles. The standard InChI is InChI=1S/C8H15NO/c1-3-5-6-7(4-2)8(9)10/h5-7H,3-4H2,1-2H3,(H2,9,10)/b6-5+. The van der Waals surface area contributed by atoms with Crippen molar-refractivity contribution in [3.05, 3.63) is 12.2 Å². The van der Waals surface area contributed by atoms with Gasteiger partial charge >= 0.3 is 0 Å². The van der Waals surface area contributed by atoms with E-state index in [-0.39, 0.29) is 11.8 Å². The highest BCUT2D eigenvalue weighted by atomic mass is 16.1. The molecule has 1 amide bonds. The molecule has 58 valence electrons. The molecule has 0 rings (SSSR count). The van der Waals surface area contributed by atoms with E-state index >= 15 is 0 Å². The van der Waals surface area contributed by atoms with Gasteiger partial charge in [0, 0.05) is 0 Å². The van der Waals surface area contributed by atoms with Gasteiger partial charge in [0.2, 0.25) is 5.91 Å². The zero-order valence-electron chi connectivity index (χ0n) is 6.63. The van der Waals surface area contributed by atoms with Crippen LogP contribution in [0.3, 0.4) is 0 Å². The summed E-state index contributed by atoms with van der Waals surface area (Å²) in [5, 5.41) is 0. The molecule has 0 aliphatic heterocycles. The molecule has 1 unspecified atom stereocenters. The predicted octanol–water partition coefficient (Wildman–Crippen LogP) is 1.46. The van der Waals surface area contributed by atoms with Gasteiger partial charge in [-0.25, -0.2) is 0 Å². The van der Waals surface area contributed by atoms with Gasteiger partial charge in [0.1, 0.15) is 0 Å². The first-order valence-corrected chi connectivity index (χ1v) is 3.68. The van der Waals surface area contributed by atoms with Crippen molar-refractivity contribution in [3.63, 3.8) is 0 Å². The molecule has 2 nitrogen and oxygen atoms in total. The SMILES string of the molecule is CC/C=C/C(CC)C(N)=O. The molecule has 0 fully saturated rings. The Labute approximate surface area is 62.1 Å². The molecule has 2 N–H and O–H groups in total. The smallest absolute Gasteiger partial charge is 0.224 e. The molecule has 10 heavy (non-hydrogen) atoms. The summed E-state index contributed by atoms with van der Waals surface area (Å²) in [6.07, 6.45) is 5.61. The van der Waals surface area contributed by atoms with Crippen LogP contribution in [0, 0.1) is 5.92 Å². The third-order valence-corrected chi connectivity index (χ3v) is 1.41. The highest BCUT2D eigenvalue weighted by Gasteiger charge is 2.06. The Bertz CT molecular complexity index is 129. The van der Waals surface area contributed by atoms with Gasteiger partial charge in [-0.2, -0.15) is 0 Å². The van der Waals surface area contributed by atoms with Crippen molar-refractivity contribution in [3.8, 4) is 0 Å². The van der Waals surface area contributed by atoms with Crippen molar-refractivity contribution in [1.82, 2.24) is 0 Å². The molecular weight excluding hydrogens is 126 g/mol. The third kappa shape index (κ3) is 3.28. The van der Waals surface area contributed by atoms with Crippen LogP contribution in [0.1, 0.15) is 26.7 Å². The molecule has 0 heterocycles. The monoisotopic (exact) mass is 141 g/mol. The fourth-order valence-electron chi connectivity index (χ4n) is 0.732. The summed E-state index contributed by atoms with van der Waals surface area (Å²) in [4.78, 5) is 10.6. The first-order valence-electron chi connectivity index (χ1n) is 3.68. The highest BCUT2D eigenvalue weighted by molar-refractivity contribution is 5.78. The van der Waals surface area contributed by atoms with Gasteiger partial charge in [0.15, 0.2) is 0 Å². The van der Waals surface area contributed by atoms with E-state index in [1.54, 1.807) is 0 Å². The summed E-state index contributed by atoms with van der Waals surface area (Å²) in [5.41, 5.74) is 5.10. The van der Waals surface area contributed by atoms with Crippen LogP contribution in [0.4, 0.5) is 0 Å². The molecule has 2 heteroatoms. The Morgan fingerprint density at radius 1 is 1.60 bits per heavy atom. The molecule has 1 atom stereocenters. The van der Waals surface area contributed by atoms with Crippen LogP contribution in [0.2, 0.25) is 0 Å². The lowest BCUT2D eigenvalue weighted by Gasteiger charge is -2.02. The topological polar surface area (TPSA) is 43.1 Å². The van der Waals surface area contributed by atoms with Gasteiger partial charge in [-0.15, -0.1) is 0 Å². The Balaban J connectivity index is 3.83. The third-order valence-electron chi connectivity index (χ3n) is 1.41. The maximum absolute atomic E-state index is 10.6. The van der Waals surface area contributed by atoms with E-state index in [4.69, 9.17) is 5.73 Å². The van der Waals surface area contributed by atoms with Gasteiger partial charge in [0.05, 0.1) is 5.92 Å². The van der Waals surface area contributed by atoms with Gasteiger partial charge in [-0.05, 0) is 12.8 Å². The Hall–Kier alpha value is -0.790. The lowest BCUT2D eigenvalue weighted by Crippen LogP contribution is -2.20. The fraction of sp³-hybridized carbons (Fsp3) is 0.625. The van der Waals surface area contributed by atoms with Crippen LogP contribution >= 0.6 is 0 Å². The molecule has 0 bridgehead atoms. The second kappa shape index (κ2) is 5.03. The molecule has 0 aromatic rings. The van der Waals surface area contributed by atoms with Crippen molar-refractivity contribution in [2.75, 3.05) is 0 Å². The van der Waals surface area contributed by atoms with E-state index < -0.39 is 0 Å². The number of carbonyl (C=O) groups excluding carboxylic acids is 1. The Morgan fingerprint density at radius 3 is 2.50 bits per heavy atom. The van der Waals surface area contributed by atoms with Gasteiger partial charge in [0.25, 0.3) is 0 Å². The maximum atomic E-state index is 10.6. The van der Waals surface area contributed by atoms with E-state index in [2.05, 4.69) is 0 Å². The molecule has 0 aromatic carbocycles. The second-order valence-electron chi connectivity index (χ2n) is 2.25. The number of primary amides is 1. The molecule has 0 aliphatic carbocycles. The summed E-state index contributed by atoms with van der Waals surface area (Å²) in [5.74, 6) is -0.299. The van der Waals surface area contributed by atoms with E-state index in [0.717, 1.165) is 12.8 Å². The van der Waals surface area contributed by atoms with Crippen molar-refractivity contribution in [2.45, 2.75) is 26.7 Å². The van der Waals surface area contributed by atoms with Gasteiger partial charge in [-0.3, -0.25) is 4.79 Å². The number of hydrogen-bond donors (Lipinski definition) is 1. The van der Waals surface area contributed by atoms with Crippen molar-refractivity contribution >= 4 is 5.91 Å². The number of rotatable bonds is 4. The van der Waals surface area contributed by atoms with Crippen LogP contribution in [0.15, 0.2) is 12.2 Å². The predicted molar refractivity (Wildman–Crippen MR) is 42.4 cm³/mol. The quantitative estimate of drug-likeness (QED) is 0.592. The van der Waals surface area contributed by atoms with Crippen LogP contribution in [-0.2, 0) is 4.79 Å². The van der Waals surface area contributed by atoms with Gasteiger partial charge < -0.3 is 5.73 Å². The zero-order valence-corrected chi connectivity index (χ0v) is 6.63. The minimum absolute atomic E-state index is 0.0695. The molecular formula is C8H15NO. The van der Waals surface area contributed by atoms with Crippen molar-refractivity contribution < 1.29 is 4.79 Å². The van der Waals surface area contributed by atoms with Crippen molar-refractivity contribution in [2.24, 2.45) is 11.7 Å². The fourth-order valence-corrected chi connectivity index (χ4v) is 0.732. The number of amides is 1. The van der Waals surface area contributed by atoms with E-state index in [9.17, 15) is 4.79 Å². The molecule has 0 aliphatic rings. The normalized spacial score (nSPS) is 13.8. The first-order chi connectivity index (χ1) is 4.72. The van der Waals surface area contributed by atoms with Crippen LogP contribution in [-0.4, -0.2) is 5.91 Å². The van der Waals surface area contributed by atoms with Gasteiger partial charge in [-0.1, -0.05) is 26.0 Å². The highest BCUT2D eigenvalue weighted by Crippen LogP contribution is 2.03. The largest absolute Gasteiger partial charge is 0.369 e. The maximum Gasteiger partial charge on any atom is 0.224 e. The average Bonchev–Trinajstić information content (AvgIpc) is 1.89. The minimum atomic E-state index is -0.229. The summed E-state index contributed by atoms with van der Waals surface area (Å²) < 4.78 is 0. The van der Waals surface area contributed by atoms with Crippen molar-refractivity contribution in [1.29, 1.82) is 0 Å². The van der Waals surface area contributed by atoms with E-state index in [0.29, 0.717) is 0 Å². The molecule has 0 saturated heterocycles. The van der Waals surface area contributed by atoms with Crippen LogP contribution in [0.25, 0.3) is 0 Å². The van der Waals surface area contributed by atoms with E-state index in [1.807, 2.05) is 26.0 Å². The molecule has 0 aromatic heterocycles. The Kier molecular flexibility index (Phi) is 4.63. The average molecular weight is 141 g/mol. The minimum Gasteiger partial charge on any atom is -0.369 e. The van der Waals surface area contributed by atoms with Crippen LogP contribution < -0.4 is 5.73 Å².